The van der Waals surface area contributed by atoms with Gasteiger partial charge in [0.05, 0.1) is 0 Å². The fourth-order valence-electron chi connectivity index (χ4n) is 4.25. The van der Waals surface area contributed by atoms with E-state index in [4.69, 9.17) is 4.74 Å². The first kappa shape index (κ1) is 25.6. The van der Waals surface area contributed by atoms with Crippen molar-refractivity contribution in [1.82, 2.24) is 10.2 Å². The van der Waals surface area contributed by atoms with Crippen molar-refractivity contribution in [3.05, 3.63) is 48.0 Å². The van der Waals surface area contributed by atoms with Gasteiger partial charge in [0.15, 0.2) is 0 Å². The van der Waals surface area contributed by atoms with Crippen molar-refractivity contribution in [2.75, 3.05) is 19.6 Å². The lowest BCUT2D eigenvalue weighted by atomic mass is 10.0. The third-order valence-electron chi connectivity index (χ3n) is 5.74. The third kappa shape index (κ3) is 8.04. The van der Waals surface area contributed by atoms with Gasteiger partial charge < -0.3 is 15.0 Å². The number of fused-ring (bicyclic) bond motifs is 1. The van der Waals surface area contributed by atoms with Gasteiger partial charge in [0.25, 0.3) is 0 Å². The summed E-state index contributed by atoms with van der Waals surface area (Å²) in [6.07, 6.45) is 2.23. The first-order valence-corrected chi connectivity index (χ1v) is 12.9. The van der Waals surface area contributed by atoms with Crippen molar-refractivity contribution in [2.45, 2.75) is 70.8 Å². The van der Waals surface area contributed by atoms with Crippen molar-refractivity contribution in [3.8, 4) is 0 Å². The number of ether oxygens (including phenoxy) is 1. The van der Waals surface area contributed by atoms with Gasteiger partial charge in [-0.25, -0.2) is 4.79 Å². The quantitative estimate of drug-likeness (QED) is 0.505. The first-order chi connectivity index (χ1) is 15.6. The highest BCUT2D eigenvalue weighted by Crippen LogP contribution is 2.26. The summed E-state index contributed by atoms with van der Waals surface area (Å²) in [5.41, 5.74) is 0.796. The lowest BCUT2D eigenvalue weighted by Gasteiger charge is -2.27. The summed E-state index contributed by atoms with van der Waals surface area (Å²) >= 11 is 1.27. The summed E-state index contributed by atoms with van der Waals surface area (Å²) in [6, 6.07) is 15.0. The molecule has 2 unspecified atom stereocenters. The van der Waals surface area contributed by atoms with E-state index in [1.807, 2.05) is 25.7 Å². The Kier molecular flexibility index (Phi) is 8.82. The van der Waals surface area contributed by atoms with E-state index in [9.17, 15) is 9.59 Å². The fraction of sp³-hybridized carbons (Fsp3) is 0.556. The van der Waals surface area contributed by atoms with E-state index in [2.05, 4.69) is 61.6 Å². The minimum Gasteiger partial charge on any atom is -0.452 e. The number of amides is 1. The molecular formula is C27H38N2O3S. The van der Waals surface area contributed by atoms with Crippen LogP contribution in [0.1, 0.15) is 53.0 Å². The summed E-state index contributed by atoms with van der Waals surface area (Å²) in [4.78, 5) is 27.3. The molecule has 0 aromatic heterocycles. The van der Waals surface area contributed by atoms with Gasteiger partial charge >= 0.3 is 5.30 Å². The number of hydrogen-bond donors (Lipinski definition) is 1. The van der Waals surface area contributed by atoms with Crippen LogP contribution in [0.25, 0.3) is 10.8 Å². The Morgan fingerprint density at radius 1 is 1.15 bits per heavy atom. The molecule has 2 atom stereocenters. The summed E-state index contributed by atoms with van der Waals surface area (Å²) in [5.74, 6) is 0.528. The van der Waals surface area contributed by atoms with Crippen LogP contribution in [0.4, 0.5) is 4.79 Å². The average molecular weight is 471 g/mol. The minimum atomic E-state index is -0.475. The highest BCUT2D eigenvalue weighted by molar-refractivity contribution is 8.13. The Morgan fingerprint density at radius 2 is 1.88 bits per heavy atom. The van der Waals surface area contributed by atoms with E-state index in [0.29, 0.717) is 25.4 Å². The number of carbonyl (C=O) groups is 2. The van der Waals surface area contributed by atoms with Gasteiger partial charge in [0, 0.05) is 37.3 Å². The van der Waals surface area contributed by atoms with Crippen LogP contribution in [0.5, 0.6) is 0 Å². The molecule has 1 N–H and O–H groups in total. The Bertz CT molecular complexity index is 949. The zero-order valence-corrected chi connectivity index (χ0v) is 21.4. The average Bonchev–Trinajstić information content (AvgIpc) is 3.15. The van der Waals surface area contributed by atoms with Gasteiger partial charge in [0.1, 0.15) is 5.60 Å². The number of hydrogen-bond acceptors (Lipinski definition) is 5. The predicted molar refractivity (Wildman–Crippen MR) is 138 cm³/mol. The van der Waals surface area contributed by atoms with Crippen LogP contribution in [-0.4, -0.2) is 52.6 Å². The molecule has 1 heterocycles. The van der Waals surface area contributed by atoms with Crippen molar-refractivity contribution >= 4 is 33.7 Å². The van der Waals surface area contributed by atoms with Crippen LogP contribution in [0, 0.1) is 5.92 Å². The summed E-state index contributed by atoms with van der Waals surface area (Å²) in [6.45, 7) is 11.9. The first-order valence-electron chi connectivity index (χ1n) is 12.0. The van der Waals surface area contributed by atoms with Crippen molar-refractivity contribution in [1.29, 1.82) is 0 Å². The van der Waals surface area contributed by atoms with E-state index in [-0.39, 0.29) is 22.5 Å². The second kappa shape index (κ2) is 11.4. The number of rotatable bonds is 8. The molecule has 3 rings (SSSR count). The monoisotopic (exact) mass is 470 g/mol. The lowest BCUT2D eigenvalue weighted by molar-refractivity contribution is -0.132. The molecular weight excluding hydrogens is 432 g/mol. The van der Waals surface area contributed by atoms with Gasteiger partial charge in [-0.15, -0.1) is 0 Å². The van der Waals surface area contributed by atoms with Crippen LogP contribution in [0.15, 0.2) is 42.5 Å². The van der Waals surface area contributed by atoms with E-state index in [1.54, 1.807) is 0 Å². The number of thioether (sulfide) groups is 1. The number of nitrogens with one attached hydrogen (secondary N) is 1. The van der Waals surface area contributed by atoms with Crippen LogP contribution in [0.3, 0.4) is 0 Å². The van der Waals surface area contributed by atoms with Crippen LogP contribution >= 0.6 is 11.8 Å². The van der Waals surface area contributed by atoms with Crippen LogP contribution in [-0.2, 0) is 16.0 Å². The van der Waals surface area contributed by atoms with E-state index >= 15 is 0 Å². The van der Waals surface area contributed by atoms with Gasteiger partial charge in [-0.05, 0) is 67.6 Å². The Morgan fingerprint density at radius 3 is 2.61 bits per heavy atom. The lowest BCUT2D eigenvalue weighted by Crippen LogP contribution is -2.42. The molecule has 0 saturated carbocycles. The molecule has 0 bridgehead atoms. The molecule has 0 radical (unpaired) electrons. The molecule has 2 aromatic rings. The van der Waals surface area contributed by atoms with E-state index in [1.165, 1.54) is 28.1 Å². The van der Waals surface area contributed by atoms with Crippen molar-refractivity contribution < 1.29 is 14.3 Å². The Labute approximate surface area is 202 Å². The molecule has 1 fully saturated rings. The van der Waals surface area contributed by atoms with Gasteiger partial charge in [-0.2, -0.15) is 0 Å². The minimum absolute atomic E-state index is 0.171. The molecule has 0 spiro atoms. The molecule has 1 aliphatic heterocycles. The molecule has 2 aromatic carbocycles. The van der Waals surface area contributed by atoms with Gasteiger partial charge in [0.2, 0.25) is 5.91 Å². The largest absolute Gasteiger partial charge is 0.452 e. The molecule has 1 aliphatic rings. The fourth-order valence-corrected chi connectivity index (χ4v) is 5.33. The van der Waals surface area contributed by atoms with Crippen molar-refractivity contribution in [3.63, 3.8) is 0 Å². The standard InChI is InChI=1S/C27H38N2O3S/c1-19(2)15-25(30)29(14-13-21-11-8-10-20-9-6-7-12-24(20)21)18-22-16-23(17-28-22)33-26(31)32-27(3,4)5/h6-12,19,22-23,28H,13-18H2,1-5H3. The normalized spacial score (nSPS) is 18.6. The maximum Gasteiger partial charge on any atom is 0.368 e. The number of carbonyl (C=O) groups excluding carboxylic acids is 2. The Hall–Kier alpha value is -2.05. The van der Waals surface area contributed by atoms with Gasteiger partial charge in [-0.1, -0.05) is 56.3 Å². The second-order valence-corrected chi connectivity index (χ2v) is 11.6. The smallest absolute Gasteiger partial charge is 0.368 e. The summed E-state index contributed by atoms with van der Waals surface area (Å²) in [5, 5.41) is 5.95. The highest BCUT2D eigenvalue weighted by Gasteiger charge is 2.30. The Balaban J connectivity index is 1.61. The summed E-state index contributed by atoms with van der Waals surface area (Å²) in [7, 11) is 0. The molecule has 1 amide bonds. The highest BCUT2D eigenvalue weighted by atomic mass is 32.2. The van der Waals surface area contributed by atoms with Crippen LogP contribution < -0.4 is 5.32 Å². The number of nitrogens with zero attached hydrogens (tertiary/aromatic N) is 1. The zero-order chi connectivity index (χ0) is 24.0. The third-order valence-corrected chi connectivity index (χ3v) is 6.71. The maximum absolute atomic E-state index is 13.1. The van der Waals surface area contributed by atoms with Crippen molar-refractivity contribution in [2.24, 2.45) is 5.92 Å². The summed E-state index contributed by atoms with van der Waals surface area (Å²) < 4.78 is 5.45. The molecule has 33 heavy (non-hydrogen) atoms. The van der Waals surface area contributed by atoms with Crippen LogP contribution in [0.2, 0.25) is 0 Å². The predicted octanol–water partition coefficient (Wildman–Crippen LogP) is 5.66. The zero-order valence-electron chi connectivity index (χ0n) is 20.6. The van der Waals surface area contributed by atoms with Gasteiger partial charge in [-0.3, -0.25) is 4.79 Å². The molecule has 6 heteroatoms. The topological polar surface area (TPSA) is 58.6 Å². The SMILES string of the molecule is CC(C)CC(=O)N(CCc1cccc2ccccc12)CC1CC(SC(=O)OC(C)(C)C)CN1. The molecule has 1 saturated heterocycles. The number of benzene rings is 2. The van der Waals surface area contributed by atoms with E-state index in [0.717, 1.165) is 19.4 Å². The molecule has 0 aliphatic carbocycles. The maximum atomic E-state index is 13.1. The molecule has 5 nitrogen and oxygen atoms in total. The second-order valence-electron chi connectivity index (χ2n) is 10.4. The molecule has 180 valence electrons. The van der Waals surface area contributed by atoms with E-state index < -0.39 is 5.60 Å².